The van der Waals surface area contributed by atoms with Gasteiger partial charge in [-0.25, -0.2) is 4.79 Å². The first-order valence-corrected chi connectivity index (χ1v) is 4.65. The molecule has 3 heteroatoms. The van der Waals surface area contributed by atoms with E-state index in [1.54, 1.807) is 13.0 Å². The molecule has 0 saturated carbocycles. The van der Waals surface area contributed by atoms with Crippen LogP contribution in [0.25, 0.3) is 0 Å². The lowest BCUT2D eigenvalue weighted by atomic mass is 10.1. The molecule has 0 aromatic heterocycles. The Morgan fingerprint density at radius 2 is 2.13 bits per heavy atom. The molecule has 1 N–H and O–H groups in total. The highest BCUT2D eigenvalue weighted by atomic mass is 16.5. The molecule has 1 rings (SSSR count). The summed E-state index contributed by atoms with van der Waals surface area (Å²) in [6, 6.07) is 7.26. The van der Waals surface area contributed by atoms with Gasteiger partial charge in [-0.05, 0) is 18.1 Å². The van der Waals surface area contributed by atoms with Crippen LogP contribution in [0.15, 0.2) is 36.4 Å². The molecule has 1 aromatic carbocycles. The molecule has 0 fully saturated rings. The number of ether oxygens (including phenoxy) is 1. The van der Waals surface area contributed by atoms with Crippen molar-refractivity contribution in [2.75, 3.05) is 0 Å². The lowest BCUT2D eigenvalue weighted by molar-refractivity contribution is -0.140. The lowest BCUT2D eigenvalue weighted by Crippen LogP contribution is -2.04. The van der Waals surface area contributed by atoms with Crippen molar-refractivity contribution in [3.63, 3.8) is 0 Å². The summed E-state index contributed by atoms with van der Waals surface area (Å²) in [5.41, 5.74) is 2.04. The fraction of sp³-hybridized carbons (Fsp3) is 0.250. The summed E-state index contributed by atoms with van der Waals surface area (Å²) in [6.07, 6.45) is 0. The molecule has 3 nitrogen and oxygen atoms in total. The highest BCUT2D eigenvalue weighted by Gasteiger charge is 2.03. The summed E-state index contributed by atoms with van der Waals surface area (Å²) in [6.45, 7) is 5.29. The molecular formula is C12H14O3. The monoisotopic (exact) mass is 206 g/mol. The van der Waals surface area contributed by atoms with Crippen LogP contribution >= 0.6 is 0 Å². The summed E-state index contributed by atoms with van der Waals surface area (Å²) in [5, 5.41) is 8.91. The van der Waals surface area contributed by atoms with Gasteiger partial charge in [0.05, 0.1) is 6.61 Å². The maximum absolute atomic E-state index is 11.1. The van der Waals surface area contributed by atoms with E-state index in [9.17, 15) is 4.79 Å². The molecule has 0 bridgehead atoms. The molecule has 15 heavy (non-hydrogen) atoms. The molecule has 1 aromatic rings. The van der Waals surface area contributed by atoms with Crippen LogP contribution in [0.5, 0.6) is 0 Å². The normalized spacial score (nSPS) is 9.73. The molecular weight excluding hydrogens is 192 g/mol. The number of rotatable bonds is 4. The predicted molar refractivity (Wildman–Crippen MR) is 57.0 cm³/mol. The van der Waals surface area contributed by atoms with Crippen molar-refractivity contribution >= 4 is 5.97 Å². The van der Waals surface area contributed by atoms with E-state index in [0.717, 1.165) is 11.1 Å². The summed E-state index contributed by atoms with van der Waals surface area (Å²) < 4.78 is 4.97. The third-order valence-corrected chi connectivity index (χ3v) is 1.89. The molecule has 0 atom stereocenters. The van der Waals surface area contributed by atoms with Crippen molar-refractivity contribution < 1.29 is 14.6 Å². The van der Waals surface area contributed by atoms with Gasteiger partial charge in [-0.3, -0.25) is 0 Å². The molecule has 0 saturated heterocycles. The van der Waals surface area contributed by atoms with Gasteiger partial charge < -0.3 is 9.84 Å². The third kappa shape index (κ3) is 3.56. The Morgan fingerprint density at radius 1 is 1.47 bits per heavy atom. The summed E-state index contributed by atoms with van der Waals surface area (Å²) in [5.74, 6) is -0.399. The first kappa shape index (κ1) is 11.5. The van der Waals surface area contributed by atoms with E-state index in [-0.39, 0.29) is 13.2 Å². The predicted octanol–water partition coefficient (Wildman–Crippen LogP) is 1.80. The quantitative estimate of drug-likeness (QED) is 0.603. The van der Waals surface area contributed by atoms with E-state index in [1.165, 1.54) is 0 Å². The number of hydrogen-bond donors (Lipinski definition) is 1. The standard InChI is InChI=1S/C12H14O3/c1-9(2)12(14)15-8-11-5-3-4-10(6-11)7-13/h3-6,13H,1,7-8H2,2H3. The van der Waals surface area contributed by atoms with Crippen LogP contribution in [0.1, 0.15) is 18.1 Å². The number of carbonyl (C=O) groups excluding carboxylic acids is 1. The Bertz CT molecular complexity index is 369. The summed E-state index contributed by atoms with van der Waals surface area (Å²) in [4.78, 5) is 11.1. The molecule has 0 aliphatic heterocycles. The molecule has 80 valence electrons. The zero-order chi connectivity index (χ0) is 11.3. The average molecular weight is 206 g/mol. The van der Waals surface area contributed by atoms with Crippen LogP contribution in [0.3, 0.4) is 0 Å². The molecule has 0 heterocycles. The van der Waals surface area contributed by atoms with E-state index in [0.29, 0.717) is 5.57 Å². The van der Waals surface area contributed by atoms with Crippen LogP contribution in [-0.2, 0) is 22.7 Å². The zero-order valence-corrected chi connectivity index (χ0v) is 8.69. The van der Waals surface area contributed by atoms with Gasteiger partial charge in [0.15, 0.2) is 0 Å². The minimum absolute atomic E-state index is 0.0116. The van der Waals surface area contributed by atoms with Gasteiger partial charge in [0.1, 0.15) is 6.61 Å². The van der Waals surface area contributed by atoms with Crippen LogP contribution in [-0.4, -0.2) is 11.1 Å². The van der Waals surface area contributed by atoms with Crippen molar-refractivity contribution in [3.8, 4) is 0 Å². The highest BCUT2D eigenvalue weighted by Crippen LogP contribution is 2.07. The second-order valence-corrected chi connectivity index (χ2v) is 3.33. The zero-order valence-electron chi connectivity index (χ0n) is 8.69. The fourth-order valence-electron chi connectivity index (χ4n) is 1.09. The Hall–Kier alpha value is -1.61. The van der Waals surface area contributed by atoms with Crippen molar-refractivity contribution in [2.24, 2.45) is 0 Å². The first-order chi connectivity index (χ1) is 7.13. The molecule has 0 aliphatic carbocycles. The van der Waals surface area contributed by atoms with E-state index in [4.69, 9.17) is 9.84 Å². The highest BCUT2D eigenvalue weighted by molar-refractivity contribution is 5.86. The first-order valence-electron chi connectivity index (χ1n) is 4.65. The molecule has 0 unspecified atom stereocenters. The van der Waals surface area contributed by atoms with E-state index in [2.05, 4.69) is 6.58 Å². The third-order valence-electron chi connectivity index (χ3n) is 1.89. The SMILES string of the molecule is C=C(C)C(=O)OCc1cccc(CO)c1. The Labute approximate surface area is 89.0 Å². The van der Waals surface area contributed by atoms with Crippen LogP contribution in [0, 0.1) is 0 Å². The Balaban J connectivity index is 2.57. The smallest absolute Gasteiger partial charge is 0.333 e. The van der Waals surface area contributed by atoms with Crippen molar-refractivity contribution in [3.05, 3.63) is 47.5 Å². The van der Waals surface area contributed by atoms with Crippen LogP contribution in [0.4, 0.5) is 0 Å². The largest absolute Gasteiger partial charge is 0.457 e. The van der Waals surface area contributed by atoms with Gasteiger partial charge in [-0.1, -0.05) is 30.8 Å². The fourth-order valence-corrected chi connectivity index (χ4v) is 1.09. The molecule has 0 amide bonds. The topological polar surface area (TPSA) is 46.5 Å². The maximum Gasteiger partial charge on any atom is 0.333 e. The van der Waals surface area contributed by atoms with Gasteiger partial charge in [0, 0.05) is 5.57 Å². The Kier molecular flexibility index (Phi) is 4.06. The van der Waals surface area contributed by atoms with E-state index < -0.39 is 5.97 Å². The maximum atomic E-state index is 11.1. The van der Waals surface area contributed by atoms with Crippen molar-refractivity contribution in [1.29, 1.82) is 0 Å². The van der Waals surface area contributed by atoms with Crippen molar-refractivity contribution in [1.82, 2.24) is 0 Å². The molecule has 0 radical (unpaired) electrons. The van der Waals surface area contributed by atoms with E-state index >= 15 is 0 Å². The van der Waals surface area contributed by atoms with Gasteiger partial charge in [0.25, 0.3) is 0 Å². The summed E-state index contributed by atoms with van der Waals surface area (Å²) >= 11 is 0. The lowest BCUT2D eigenvalue weighted by Gasteiger charge is -2.05. The number of hydrogen-bond acceptors (Lipinski definition) is 3. The van der Waals surface area contributed by atoms with Crippen LogP contribution in [0.2, 0.25) is 0 Å². The second kappa shape index (κ2) is 5.32. The number of benzene rings is 1. The Morgan fingerprint density at radius 3 is 2.73 bits per heavy atom. The number of carbonyl (C=O) groups is 1. The van der Waals surface area contributed by atoms with Crippen LogP contribution < -0.4 is 0 Å². The van der Waals surface area contributed by atoms with E-state index in [1.807, 2.05) is 18.2 Å². The minimum atomic E-state index is -0.399. The van der Waals surface area contributed by atoms with Gasteiger partial charge in [-0.2, -0.15) is 0 Å². The minimum Gasteiger partial charge on any atom is -0.457 e. The number of esters is 1. The average Bonchev–Trinajstić information content (AvgIpc) is 2.26. The number of aliphatic hydroxyl groups excluding tert-OH is 1. The number of aliphatic hydroxyl groups is 1. The second-order valence-electron chi connectivity index (χ2n) is 3.33. The molecule has 0 spiro atoms. The van der Waals surface area contributed by atoms with Gasteiger partial charge in [-0.15, -0.1) is 0 Å². The van der Waals surface area contributed by atoms with Gasteiger partial charge >= 0.3 is 5.97 Å². The van der Waals surface area contributed by atoms with Crippen molar-refractivity contribution in [2.45, 2.75) is 20.1 Å². The van der Waals surface area contributed by atoms with Gasteiger partial charge in [0.2, 0.25) is 0 Å². The molecule has 0 aliphatic rings. The summed E-state index contributed by atoms with van der Waals surface area (Å²) in [7, 11) is 0.